The summed E-state index contributed by atoms with van der Waals surface area (Å²) in [5, 5.41) is 0. The van der Waals surface area contributed by atoms with Crippen molar-refractivity contribution >= 4 is 11.6 Å². The van der Waals surface area contributed by atoms with Gasteiger partial charge in [-0.25, -0.2) is 4.98 Å². The van der Waals surface area contributed by atoms with Crippen LogP contribution in [0.4, 0.5) is 0 Å². The van der Waals surface area contributed by atoms with Gasteiger partial charge in [-0.3, -0.25) is 9.69 Å². The topological polar surface area (TPSA) is 59.3 Å². The Balaban J connectivity index is 1.14. The van der Waals surface area contributed by atoms with Gasteiger partial charge in [0, 0.05) is 50.7 Å². The Morgan fingerprint density at radius 2 is 1.74 bits per heavy atom. The zero-order valence-corrected chi connectivity index (χ0v) is 20.0. The molecule has 5 rings (SSSR count). The van der Waals surface area contributed by atoms with Gasteiger partial charge in [0.25, 0.3) is 5.91 Å². The van der Waals surface area contributed by atoms with E-state index in [-0.39, 0.29) is 5.91 Å². The fourth-order valence-electron chi connectivity index (χ4n) is 4.34. The molecule has 1 aliphatic heterocycles. The normalized spacial score (nSPS) is 14.3. The maximum atomic E-state index is 13.1. The third kappa shape index (κ3) is 5.63. The minimum Gasteiger partial charge on any atom is -0.494 e. The van der Waals surface area contributed by atoms with E-state index in [1.807, 2.05) is 83.2 Å². The fraction of sp³-hybridized carbons (Fsp3) is 0.286. The highest BCUT2D eigenvalue weighted by Crippen LogP contribution is 2.19. The zero-order valence-electron chi connectivity index (χ0n) is 20.0. The van der Waals surface area contributed by atoms with E-state index < -0.39 is 0 Å². The molecule has 3 heterocycles. The van der Waals surface area contributed by atoms with Crippen LogP contribution in [-0.2, 0) is 13.2 Å². The number of ether oxygens (including phenoxy) is 2. The second kappa shape index (κ2) is 10.6. The molecular formula is C28H30N4O3. The van der Waals surface area contributed by atoms with Crippen LogP contribution in [-0.4, -0.2) is 57.9 Å². The van der Waals surface area contributed by atoms with E-state index in [2.05, 4.69) is 22.0 Å². The lowest BCUT2D eigenvalue weighted by molar-refractivity contribution is 0.0628. The maximum absolute atomic E-state index is 13.1. The third-order valence-corrected chi connectivity index (χ3v) is 6.18. The van der Waals surface area contributed by atoms with E-state index >= 15 is 0 Å². The minimum atomic E-state index is 0.0453. The van der Waals surface area contributed by atoms with Crippen molar-refractivity contribution in [3.8, 4) is 11.5 Å². The number of amides is 1. The number of aromatic nitrogens is 2. The molecule has 2 aromatic carbocycles. The third-order valence-electron chi connectivity index (χ3n) is 6.18. The summed E-state index contributed by atoms with van der Waals surface area (Å²) in [6.07, 6.45) is 3.92. The average molecular weight is 471 g/mol. The van der Waals surface area contributed by atoms with Crippen molar-refractivity contribution in [2.24, 2.45) is 0 Å². The van der Waals surface area contributed by atoms with Crippen LogP contribution in [0.25, 0.3) is 5.65 Å². The van der Waals surface area contributed by atoms with Crippen LogP contribution in [0.15, 0.2) is 79.1 Å². The summed E-state index contributed by atoms with van der Waals surface area (Å²) < 4.78 is 13.4. The molecular weight excluding hydrogens is 440 g/mol. The predicted octanol–water partition coefficient (Wildman–Crippen LogP) is 4.27. The lowest BCUT2D eigenvalue weighted by Crippen LogP contribution is -2.48. The molecule has 1 aliphatic rings. The SMILES string of the molecule is CCOc1ccc(CN2CCN(C(=O)c3cccc(OCc4cn5ccccc5n4)c3)CC2)cc1. The van der Waals surface area contributed by atoms with Crippen LogP contribution in [0.5, 0.6) is 11.5 Å². The van der Waals surface area contributed by atoms with Gasteiger partial charge in [-0.15, -0.1) is 0 Å². The summed E-state index contributed by atoms with van der Waals surface area (Å²) in [4.78, 5) is 22.0. The van der Waals surface area contributed by atoms with E-state index in [0.717, 1.165) is 36.7 Å². The summed E-state index contributed by atoms with van der Waals surface area (Å²) >= 11 is 0. The first kappa shape index (κ1) is 22.9. The van der Waals surface area contributed by atoms with Gasteiger partial charge < -0.3 is 18.8 Å². The average Bonchev–Trinajstić information content (AvgIpc) is 3.32. The number of hydrogen-bond donors (Lipinski definition) is 0. The molecule has 1 saturated heterocycles. The second-order valence-electron chi connectivity index (χ2n) is 8.66. The largest absolute Gasteiger partial charge is 0.494 e. The molecule has 0 saturated carbocycles. The first-order chi connectivity index (χ1) is 17.2. The predicted molar refractivity (Wildman–Crippen MR) is 135 cm³/mol. The smallest absolute Gasteiger partial charge is 0.254 e. The number of benzene rings is 2. The Hall–Kier alpha value is -3.84. The first-order valence-corrected chi connectivity index (χ1v) is 12.1. The number of rotatable bonds is 8. The van der Waals surface area contributed by atoms with Crippen LogP contribution in [0.1, 0.15) is 28.5 Å². The molecule has 180 valence electrons. The van der Waals surface area contributed by atoms with Crippen LogP contribution in [0.2, 0.25) is 0 Å². The lowest BCUT2D eigenvalue weighted by Gasteiger charge is -2.34. The van der Waals surface area contributed by atoms with Crippen LogP contribution in [0, 0.1) is 0 Å². The van der Waals surface area contributed by atoms with Crippen LogP contribution in [0.3, 0.4) is 0 Å². The monoisotopic (exact) mass is 470 g/mol. The maximum Gasteiger partial charge on any atom is 0.254 e. The van der Waals surface area contributed by atoms with Gasteiger partial charge in [-0.1, -0.05) is 24.3 Å². The quantitative estimate of drug-likeness (QED) is 0.385. The summed E-state index contributed by atoms with van der Waals surface area (Å²) in [6.45, 7) is 7.01. The Bertz CT molecular complexity index is 1240. The highest BCUT2D eigenvalue weighted by atomic mass is 16.5. The van der Waals surface area contributed by atoms with Gasteiger partial charge in [0.1, 0.15) is 23.8 Å². The van der Waals surface area contributed by atoms with Gasteiger partial charge in [0.15, 0.2) is 0 Å². The molecule has 35 heavy (non-hydrogen) atoms. The van der Waals surface area contributed by atoms with Gasteiger partial charge in [-0.05, 0) is 55.0 Å². The first-order valence-electron chi connectivity index (χ1n) is 12.1. The van der Waals surface area contributed by atoms with E-state index in [1.54, 1.807) is 0 Å². The van der Waals surface area contributed by atoms with Gasteiger partial charge in [0.05, 0.1) is 12.3 Å². The number of imidazole rings is 1. The molecule has 0 N–H and O–H groups in total. The van der Waals surface area contributed by atoms with Crippen molar-refractivity contribution in [2.45, 2.75) is 20.1 Å². The molecule has 0 aliphatic carbocycles. The number of carbonyl (C=O) groups is 1. The molecule has 0 unspecified atom stereocenters. The Morgan fingerprint density at radius 3 is 2.51 bits per heavy atom. The fourth-order valence-corrected chi connectivity index (χ4v) is 4.34. The molecule has 7 nitrogen and oxygen atoms in total. The summed E-state index contributed by atoms with van der Waals surface area (Å²) in [5.74, 6) is 1.61. The minimum absolute atomic E-state index is 0.0453. The molecule has 4 aromatic rings. The Labute approximate surface area is 205 Å². The molecule has 0 bridgehead atoms. The number of fused-ring (bicyclic) bond motifs is 1. The molecule has 0 atom stereocenters. The number of piperazine rings is 1. The lowest BCUT2D eigenvalue weighted by atomic mass is 10.1. The summed E-state index contributed by atoms with van der Waals surface area (Å²) in [6, 6.07) is 21.6. The van der Waals surface area contributed by atoms with Crippen molar-refractivity contribution in [1.29, 1.82) is 0 Å². The highest BCUT2D eigenvalue weighted by molar-refractivity contribution is 5.94. The Kier molecular flexibility index (Phi) is 6.95. The van der Waals surface area contributed by atoms with Crippen molar-refractivity contribution < 1.29 is 14.3 Å². The van der Waals surface area contributed by atoms with Crippen molar-refractivity contribution in [3.05, 3.63) is 95.9 Å². The highest BCUT2D eigenvalue weighted by Gasteiger charge is 2.22. The number of nitrogens with zero attached hydrogens (tertiary/aromatic N) is 4. The van der Waals surface area contributed by atoms with Crippen molar-refractivity contribution in [1.82, 2.24) is 19.2 Å². The molecule has 1 fully saturated rings. The van der Waals surface area contributed by atoms with E-state index in [0.29, 0.717) is 37.6 Å². The molecule has 7 heteroatoms. The Morgan fingerprint density at radius 1 is 0.914 bits per heavy atom. The number of hydrogen-bond acceptors (Lipinski definition) is 5. The van der Waals surface area contributed by atoms with E-state index in [4.69, 9.17) is 9.47 Å². The summed E-state index contributed by atoms with van der Waals surface area (Å²) in [7, 11) is 0. The molecule has 0 spiro atoms. The van der Waals surface area contributed by atoms with Gasteiger partial charge >= 0.3 is 0 Å². The number of pyridine rings is 1. The standard InChI is InChI=1S/C28H30N4O3/c1-2-34-25-11-9-22(10-12-25)19-30-14-16-31(17-15-30)28(33)23-6-5-7-26(18-23)35-21-24-20-32-13-4-3-8-27(32)29-24/h3-13,18,20H,2,14-17,19,21H2,1H3. The molecule has 0 radical (unpaired) electrons. The van der Waals surface area contributed by atoms with E-state index in [1.165, 1.54) is 5.56 Å². The van der Waals surface area contributed by atoms with Crippen molar-refractivity contribution in [3.63, 3.8) is 0 Å². The number of carbonyl (C=O) groups excluding carboxylic acids is 1. The van der Waals surface area contributed by atoms with Crippen LogP contribution < -0.4 is 9.47 Å². The van der Waals surface area contributed by atoms with Gasteiger partial charge in [-0.2, -0.15) is 0 Å². The molecule has 2 aromatic heterocycles. The summed E-state index contributed by atoms with van der Waals surface area (Å²) in [5.41, 5.74) is 3.63. The van der Waals surface area contributed by atoms with Gasteiger partial charge in [0.2, 0.25) is 0 Å². The van der Waals surface area contributed by atoms with E-state index in [9.17, 15) is 4.79 Å². The second-order valence-corrected chi connectivity index (χ2v) is 8.66. The van der Waals surface area contributed by atoms with Crippen LogP contribution >= 0.6 is 0 Å². The zero-order chi connectivity index (χ0) is 24.0. The van der Waals surface area contributed by atoms with Crippen molar-refractivity contribution in [2.75, 3.05) is 32.8 Å². The molecule has 1 amide bonds.